The number of anilines is 2. The molecule has 190 valence electrons. The standard InChI is InChI=1S/C32H28N2O4/c1-22-12-14-23(15-13-22)20-31(37)34-28-17-16-26(21-27(28)32(38)25-10-6-3-7-11-25)33-30(36)19-18-29(35)24-8-4-2-5-9-24/h2-17,21H,18-20H2,1H3,(H,33,36)(H,34,37). The molecule has 2 N–H and O–H groups in total. The van der Waals surface area contributed by atoms with Gasteiger partial charge in [-0.1, -0.05) is 90.5 Å². The van der Waals surface area contributed by atoms with E-state index >= 15 is 0 Å². The lowest BCUT2D eigenvalue weighted by molar-refractivity contribution is -0.116. The Labute approximate surface area is 221 Å². The van der Waals surface area contributed by atoms with Crippen LogP contribution >= 0.6 is 0 Å². The molecule has 0 saturated carbocycles. The number of hydrogen-bond acceptors (Lipinski definition) is 4. The second-order valence-corrected chi connectivity index (χ2v) is 9.00. The van der Waals surface area contributed by atoms with Gasteiger partial charge in [0.25, 0.3) is 0 Å². The lowest BCUT2D eigenvalue weighted by atomic mass is 10.0. The highest BCUT2D eigenvalue weighted by molar-refractivity contribution is 6.14. The molecule has 4 aromatic rings. The van der Waals surface area contributed by atoms with Gasteiger partial charge in [0.05, 0.1) is 12.1 Å². The first-order valence-electron chi connectivity index (χ1n) is 12.4. The van der Waals surface area contributed by atoms with Crippen molar-refractivity contribution in [3.05, 3.63) is 131 Å². The van der Waals surface area contributed by atoms with Crippen LogP contribution in [0.3, 0.4) is 0 Å². The number of ketones is 2. The molecule has 2 amide bonds. The number of nitrogens with one attached hydrogen (secondary N) is 2. The van der Waals surface area contributed by atoms with Crippen LogP contribution in [-0.2, 0) is 16.0 Å². The highest BCUT2D eigenvalue weighted by atomic mass is 16.2. The molecule has 4 aromatic carbocycles. The maximum absolute atomic E-state index is 13.3. The molecular weight excluding hydrogens is 476 g/mol. The molecule has 6 nitrogen and oxygen atoms in total. The Hall–Kier alpha value is -4.84. The van der Waals surface area contributed by atoms with Crippen LogP contribution in [0.1, 0.15) is 50.2 Å². The molecule has 38 heavy (non-hydrogen) atoms. The fourth-order valence-electron chi connectivity index (χ4n) is 3.97. The van der Waals surface area contributed by atoms with Crippen LogP contribution < -0.4 is 10.6 Å². The summed E-state index contributed by atoms with van der Waals surface area (Å²) in [4.78, 5) is 51.0. The predicted molar refractivity (Wildman–Crippen MR) is 148 cm³/mol. The van der Waals surface area contributed by atoms with E-state index in [1.165, 1.54) is 0 Å². The SMILES string of the molecule is Cc1ccc(CC(=O)Nc2ccc(NC(=O)CCC(=O)c3ccccc3)cc2C(=O)c2ccccc2)cc1. The van der Waals surface area contributed by atoms with Crippen LogP contribution in [0.5, 0.6) is 0 Å². The first kappa shape index (κ1) is 26.2. The number of Topliss-reactive ketones (excluding diaryl/α,β-unsaturated/α-hetero) is 1. The van der Waals surface area contributed by atoms with Gasteiger partial charge in [0.2, 0.25) is 11.8 Å². The summed E-state index contributed by atoms with van der Waals surface area (Å²) in [5.74, 6) is -1.00. The van der Waals surface area contributed by atoms with Crippen LogP contribution in [0.2, 0.25) is 0 Å². The fourth-order valence-corrected chi connectivity index (χ4v) is 3.97. The van der Waals surface area contributed by atoms with E-state index in [0.29, 0.717) is 22.5 Å². The van der Waals surface area contributed by atoms with E-state index in [-0.39, 0.29) is 48.2 Å². The van der Waals surface area contributed by atoms with E-state index in [2.05, 4.69) is 10.6 Å². The van der Waals surface area contributed by atoms with Gasteiger partial charge in [-0.2, -0.15) is 0 Å². The Balaban J connectivity index is 1.49. The monoisotopic (exact) mass is 504 g/mol. The Morgan fingerprint density at radius 2 is 1.26 bits per heavy atom. The van der Waals surface area contributed by atoms with Gasteiger partial charge in [-0.15, -0.1) is 0 Å². The van der Waals surface area contributed by atoms with Crippen molar-refractivity contribution < 1.29 is 19.2 Å². The number of amides is 2. The molecule has 0 aliphatic rings. The molecule has 0 radical (unpaired) electrons. The van der Waals surface area contributed by atoms with E-state index in [4.69, 9.17) is 0 Å². The largest absolute Gasteiger partial charge is 0.326 e. The molecular formula is C32H28N2O4. The Morgan fingerprint density at radius 3 is 1.92 bits per heavy atom. The molecule has 0 aliphatic carbocycles. The third kappa shape index (κ3) is 7.11. The maximum Gasteiger partial charge on any atom is 0.228 e. The lowest BCUT2D eigenvalue weighted by Crippen LogP contribution is -2.18. The predicted octanol–water partition coefficient (Wildman–Crippen LogP) is 6.01. The highest BCUT2D eigenvalue weighted by Gasteiger charge is 2.18. The quantitative estimate of drug-likeness (QED) is 0.259. The zero-order chi connectivity index (χ0) is 26.9. The van der Waals surface area contributed by atoms with Crippen molar-refractivity contribution in [2.75, 3.05) is 10.6 Å². The third-order valence-corrected chi connectivity index (χ3v) is 6.02. The van der Waals surface area contributed by atoms with Gasteiger partial charge in [-0.25, -0.2) is 0 Å². The van der Waals surface area contributed by atoms with Gasteiger partial charge in [-0.3, -0.25) is 19.2 Å². The Bertz CT molecular complexity index is 1450. The topological polar surface area (TPSA) is 92.3 Å². The van der Waals surface area contributed by atoms with Crippen molar-refractivity contribution in [3.63, 3.8) is 0 Å². The smallest absolute Gasteiger partial charge is 0.228 e. The van der Waals surface area contributed by atoms with E-state index in [0.717, 1.165) is 11.1 Å². The van der Waals surface area contributed by atoms with Crippen molar-refractivity contribution in [1.82, 2.24) is 0 Å². The fraction of sp³-hybridized carbons (Fsp3) is 0.125. The average Bonchev–Trinajstić information content (AvgIpc) is 2.94. The maximum atomic E-state index is 13.3. The van der Waals surface area contributed by atoms with Gasteiger partial charge >= 0.3 is 0 Å². The van der Waals surface area contributed by atoms with Crippen LogP contribution in [0.25, 0.3) is 0 Å². The molecule has 0 aliphatic heterocycles. The molecule has 0 heterocycles. The Morgan fingerprint density at radius 1 is 0.632 bits per heavy atom. The lowest BCUT2D eigenvalue weighted by Gasteiger charge is -2.14. The van der Waals surface area contributed by atoms with Gasteiger partial charge in [-0.05, 0) is 30.7 Å². The van der Waals surface area contributed by atoms with Crippen LogP contribution in [0.15, 0.2) is 103 Å². The summed E-state index contributed by atoms with van der Waals surface area (Å²) in [6.07, 6.45) is 0.233. The number of hydrogen-bond donors (Lipinski definition) is 2. The minimum absolute atomic E-state index is 0.00469. The second kappa shape index (κ2) is 12.4. The summed E-state index contributed by atoms with van der Waals surface area (Å²) < 4.78 is 0. The summed E-state index contributed by atoms with van der Waals surface area (Å²) >= 11 is 0. The van der Waals surface area contributed by atoms with Crippen molar-refractivity contribution in [1.29, 1.82) is 0 Å². The van der Waals surface area contributed by atoms with Gasteiger partial charge < -0.3 is 10.6 Å². The van der Waals surface area contributed by atoms with Crippen molar-refractivity contribution in [2.24, 2.45) is 0 Å². The molecule has 6 heteroatoms. The molecule has 0 saturated heterocycles. The van der Waals surface area contributed by atoms with Gasteiger partial charge in [0.1, 0.15) is 0 Å². The van der Waals surface area contributed by atoms with Crippen molar-refractivity contribution in [3.8, 4) is 0 Å². The number of benzene rings is 4. The van der Waals surface area contributed by atoms with Crippen molar-refractivity contribution >= 4 is 34.8 Å². The minimum atomic E-state index is -0.344. The molecule has 0 spiro atoms. The summed E-state index contributed by atoms with van der Waals surface area (Å²) in [5, 5.41) is 5.61. The normalized spacial score (nSPS) is 10.4. The number of aryl methyl sites for hydroxylation is 1. The van der Waals surface area contributed by atoms with E-state index in [1.807, 2.05) is 43.3 Å². The number of carbonyl (C=O) groups excluding carboxylic acids is 4. The van der Waals surface area contributed by atoms with Crippen LogP contribution in [0.4, 0.5) is 11.4 Å². The first-order chi connectivity index (χ1) is 18.4. The second-order valence-electron chi connectivity index (χ2n) is 9.00. The highest BCUT2D eigenvalue weighted by Crippen LogP contribution is 2.25. The summed E-state index contributed by atoms with van der Waals surface area (Å²) in [7, 11) is 0. The molecule has 0 bridgehead atoms. The third-order valence-electron chi connectivity index (χ3n) is 6.02. The van der Waals surface area contributed by atoms with E-state index in [9.17, 15) is 19.2 Å². The molecule has 4 rings (SSSR count). The van der Waals surface area contributed by atoms with Crippen molar-refractivity contribution in [2.45, 2.75) is 26.2 Å². The minimum Gasteiger partial charge on any atom is -0.326 e. The molecule has 0 aromatic heterocycles. The van der Waals surface area contributed by atoms with E-state index in [1.54, 1.807) is 66.7 Å². The zero-order valence-electron chi connectivity index (χ0n) is 21.1. The van der Waals surface area contributed by atoms with Gasteiger partial charge in [0, 0.05) is 35.2 Å². The zero-order valence-corrected chi connectivity index (χ0v) is 21.1. The van der Waals surface area contributed by atoms with Gasteiger partial charge in [0.15, 0.2) is 11.6 Å². The summed E-state index contributed by atoms with van der Waals surface area (Å²) in [6.45, 7) is 1.98. The molecule has 0 atom stereocenters. The summed E-state index contributed by atoms with van der Waals surface area (Å²) in [6, 6.07) is 30.0. The number of carbonyl (C=O) groups is 4. The first-order valence-corrected chi connectivity index (χ1v) is 12.4. The molecule has 0 unspecified atom stereocenters. The van der Waals surface area contributed by atoms with Crippen LogP contribution in [-0.4, -0.2) is 23.4 Å². The Kier molecular flexibility index (Phi) is 8.57. The summed E-state index contributed by atoms with van der Waals surface area (Å²) in [5.41, 5.74) is 3.99. The number of rotatable bonds is 10. The average molecular weight is 505 g/mol. The van der Waals surface area contributed by atoms with E-state index < -0.39 is 0 Å². The molecule has 0 fully saturated rings. The van der Waals surface area contributed by atoms with Crippen LogP contribution in [0, 0.1) is 6.92 Å².